The first-order valence-corrected chi connectivity index (χ1v) is 12.1. The fourth-order valence-corrected chi connectivity index (χ4v) is 5.02. The molecule has 2 N–H and O–H groups in total. The predicted octanol–water partition coefficient (Wildman–Crippen LogP) is 3.66. The number of anilines is 1. The monoisotopic (exact) mass is 470 g/mol. The number of amides is 1. The SMILES string of the molecule is COc1ccc(-c2csc3c(=O)[nH]c(N4CCC[C@@H](C(=O)NCC(C)C)C4)nc23)cc1OC. The Hall–Kier alpha value is -3.07. The van der Waals surface area contributed by atoms with E-state index in [1.54, 1.807) is 14.2 Å². The molecule has 8 nitrogen and oxygen atoms in total. The van der Waals surface area contributed by atoms with E-state index in [-0.39, 0.29) is 17.4 Å². The van der Waals surface area contributed by atoms with Crippen molar-refractivity contribution in [1.29, 1.82) is 0 Å². The molecular weight excluding hydrogens is 440 g/mol. The van der Waals surface area contributed by atoms with Crippen molar-refractivity contribution in [2.24, 2.45) is 11.8 Å². The smallest absolute Gasteiger partial charge is 0.270 e. The average Bonchev–Trinajstić information content (AvgIpc) is 3.26. The van der Waals surface area contributed by atoms with Crippen LogP contribution < -0.4 is 25.2 Å². The lowest BCUT2D eigenvalue weighted by molar-refractivity contribution is -0.125. The third-order valence-corrected chi connectivity index (χ3v) is 6.85. The Labute approximate surface area is 196 Å². The number of aromatic amines is 1. The van der Waals surface area contributed by atoms with Gasteiger partial charge in [-0.15, -0.1) is 11.3 Å². The van der Waals surface area contributed by atoms with E-state index in [0.29, 0.717) is 46.7 Å². The van der Waals surface area contributed by atoms with Crippen molar-refractivity contribution in [3.05, 3.63) is 33.9 Å². The Morgan fingerprint density at radius 2 is 2.09 bits per heavy atom. The number of benzene rings is 1. The first kappa shape index (κ1) is 23.1. The van der Waals surface area contributed by atoms with Crippen molar-refractivity contribution in [2.75, 3.05) is 38.8 Å². The molecule has 176 valence electrons. The minimum atomic E-state index is -0.168. The molecule has 0 unspecified atom stereocenters. The molecule has 1 amide bonds. The van der Waals surface area contributed by atoms with E-state index >= 15 is 0 Å². The molecule has 0 radical (unpaired) electrons. The topological polar surface area (TPSA) is 96.6 Å². The van der Waals surface area contributed by atoms with E-state index in [1.807, 2.05) is 28.5 Å². The van der Waals surface area contributed by atoms with E-state index in [4.69, 9.17) is 14.5 Å². The second-order valence-electron chi connectivity index (χ2n) is 8.71. The van der Waals surface area contributed by atoms with Gasteiger partial charge < -0.3 is 19.7 Å². The van der Waals surface area contributed by atoms with E-state index in [2.05, 4.69) is 24.1 Å². The summed E-state index contributed by atoms with van der Waals surface area (Å²) in [4.78, 5) is 35.3. The number of hydrogen-bond acceptors (Lipinski definition) is 7. The van der Waals surface area contributed by atoms with Crippen molar-refractivity contribution >= 4 is 33.4 Å². The van der Waals surface area contributed by atoms with Crippen LogP contribution in [0.5, 0.6) is 11.5 Å². The standard InChI is InChI=1S/C24H30N4O4S/c1-14(2)11-25-22(29)16-6-5-9-28(12-16)24-26-20-17(13-33-21(20)23(30)27-24)15-7-8-18(31-3)19(10-15)32-4/h7-8,10,13-14,16H,5-6,9,11-12H2,1-4H3,(H,25,29)(H,26,27,30)/t16-/m1/s1. The Bertz CT molecular complexity index is 1200. The highest BCUT2D eigenvalue weighted by atomic mass is 32.1. The summed E-state index contributed by atoms with van der Waals surface area (Å²) in [5.74, 6) is 2.12. The van der Waals surface area contributed by atoms with E-state index < -0.39 is 0 Å². The minimum Gasteiger partial charge on any atom is -0.493 e. The van der Waals surface area contributed by atoms with Gasteiger partial charge in [-0.2, -0.15) is 0 Å². The molecule has 3 heterocycles. The van der Waals surface area contributed by atoms with Crippen LogP contribution in [0.4, 0.5) is 5.95 Å². The number of ether oxygens (including phenoxy) is 2. The van der Waals surface area contributed by atoms with E-state index in [0.717, 1.165) is 30.5 Å². The van der Waals surface area contributed by atoms with E-state index in [9.17, 15) is 9.59 Å². The van der Waals surface area contributed by atoms with Crippen LogP contribution in [-0.2, 0) is 4.79 Å². The summed E-state index contributed by atoms with van der Waals surface area (Å²) >= 11 is 1.37. The molecule has 0 spiro atoms. The molecule has 3 aromatic rings. The highest BCUT2D eigenvalue weighted by molar-refractivity contribution is 7.17. The summed E-state index contributed by atoms with van der Waals surface area (Å²) in [5, 5.41) is 4.97. The van der Waals surface area contributed by atoms with Crippen LogP contribution in [0.1, 0.15) is 26.7 Å². The van der Waals surface area contributed by atoms with Crippen LogP contribution in [-0.4, -0.2) is 49.7 Å². The summed E-state index contributed by atoms with van der Waals surface area (Å²) < 4.78 is 11.4. The van der Waals surface area contributed by atoms with Gasteiger partial charge in [0.25, 0.3) is 5.56 Å². The van der Waals surface area contributed by atoms with Gasteiger partial charge in [-0.1, -0.05) is 19.9 Å². The van der Waals surface area contributed by atoms with Gasteiger partial charge in [0, 0.05) is 30.6 Å². The second-order valence-corrected chi connectivity index (χ2v) is 9.59. The second kappa shape index (κ2) is 9.82. The van der Waals surface area contributed by atoms with Crippen molar-refractivity contribution in [1.82, 2.24) is 15.3 Å². The molecule has 33 heavy (non-hydrogen) atoms. The van der Waals surface area contributed by atoms with Crippen molar-refractivity contribution in [3.8, 4) is 22.6 Å². The third-order valence-electron chi connectivity index (χ3n) is 5.88. The lowest BCUT2D eigenvalue weighted by Crippen LogP contribution is -2.44. The Morgan fingerprint density at radius 3 is 2.82 bits per heavy atom. The van der Waals surface area contributed by atoms with Crippen molar-refractivity contribution < 1.29 is 14.3 Å². The van der Waals surface area contributed by atoms with Gasteiger partial charge in [0.15, 0.2) is 11.5 Å². The van der Waals surface area contributed by atoms with Crippen LogP contribution in [0, 0.1) is 11.8 Å². The summed E-state index contributed by atoms with van der Waals surface area (Å²) in [7, 11) is 3.19. The Balaban J connectivity index is 1.65. The normalized spacial score (nSPS) is 16.3. The molecule has 9 heteroatoms. The lowest BCUT2D eigenvalue weighted by atomic mass is 9.97. The number of rotatable bonds is 7. The molecule has 0 aliphatic carbocycles. The number of piperidine rings is 1. The molecular formula is C24H30N4O4S. The molecule has 0 saturated carbocycles. The number of methoxy groups -OCH3 is 2. The summed E-state index contributed by atoms with van der Waals surface area (Å²) in [6.45, 7) is 6.11. The first-order valence-electron chi connectivity index (χ1n) is 11.2. The number of nitrogens with one attached hydrogen (secondary N) is 2. The highest BCUT2D eigenvalue weighted by Crippen LogP contribution is 2.37. The summed E-state index contributed by atoms with van der Waals surface area (Å²) in [6.07, 6.45) is 1.70. The minimum absolute atomic E-state index is 0.0679. The van der Waals surface area contributed by atoms with Crippen LogP contribution in [0.15, 0.2) is 28.4 Å². The molecule has 1 atom stereocenters. The molecule has 1 fully saturated rings. The molecule has 1 aromatic carbocycles. The van der Waals surface area contributed by atoms with Crippen molar-refractivity contribution in [3.63, 3.8) is 0 Å². The quantitative estimate of drug-likeness (QED) is 0.547. The van der Waals surface area contributed by atoms with Gasteiger partial charge >= 0.3 is 0 Å². The first-order chi connectivity index (χ1) is 15.9. The predicted molar refractivity (Wildman–Crippen MR) is 132 cm³/mol. The largest absolute Gasteiger partial charge is 0.493 e. The van der Waals surface area contributed by atoms with Crippen LogP contribution in [0.2, 0.25) is 0 Å². The maximum absolute atomic E-state index is 12.9. The maximum atomic E-state index is 12.9. The zero-order valence-corrected chi connectivity index (χ0v) is 20.3. The lowest BCUT2D eigenvalue weighted by Gasteiger charge is -2.32. The van der Waals surface area contributed by atoms with Gasteiger partial charge in [0.1, 0.15) is 4.70 Å². The maximum Gasteiger partial charge on any atom is 0.270 e. The number of nitrogens with zero attached hydrogens (tertiary/aromatic N) is 2. The number of carbonyl (C=O) groups excluding carboxylic acids is 1. The highest BCUT2D eigenvalue weighted by Gasteiger charge is 2.27. The van der Waals surface area contributed by atoms with E-state index in [1.165, 1.54) is 11.3 Å². The Morgan fingerprint density at radius 1 is 1.30 bits per heavy atom. The number of thiophene rings is 1. The number of aromatic nitrogens is 2. The van der Waals surface area contributed by atoms with Gasteiger partial charge in [-0.25, -0.2) is 4.98 Å². The molecule has 1 saturated heterocycles. The molecule has 2 aromatic heterocycles. The third kappa shape index (κ3) is 4.83. The number of hydrogen-bond donors (Lipinski definition) is 2. The van der Waals surface area contributed by atoms with Gasteiger partial charge in [-0.3, -0.25) is 14.6 Å². The van der Waals surface area contributed by atoms with Gasteiger partial charge in [-0.05, 0) is 36.5 Å². The number of fused-ring (bicyclic) bond motifs is 1. The van der Waals surface area contributed by atoms with Crippen LogP contribution >= 0.6 is 11.3 Å². The number of H-pyrrole nitrogens is 1. The zero-order chi connectivity index (χ0) is 23.5. The van der Waals surface area contributed by atoms with Crippen LogP contribution in [0.25, 0.3) is 21.3 Å². The molecule has 0 bridgehead atoms. The molecule has 4 rings (SSSR count). The fraction of sp³-hybridized carbons (Fsp3) is 0.458. The van der Waals surface area contributed by atoms with Gasteiger partial charge in [0.2, 0.25) is 11.9 Å². The fourth-order valence-electron chi connectivity index (χ4n) is 4.11. The number of carbonyl (C=O) groups is 1. The Kier molecular flexibility index (Phi) is 6.88. The van der Waals surface area contributed by atoms with Gasteiger partial charge in [0.05, 0.1) is 25.7 Å². The summed E-state index contributed by atoms with van der Waals surface area (Å²) in [6, 6.07) is 5.66. The zero-order valence-electron chi connectivity index (χ0n) is 19.4. The van der Waals surface area contributed by atoms with Crippen molar-refractivity contribution in [2.45, 2.75) is 26.7 Å². The summed E-state index contributed by atoms with van der Waals surface area (Å²) in [5.41, 5.74) is 2.24. The van der Waals surface area contributed by atoms with Crippen LogP contribution in [0.3, 0.4) is 0 Å². The molecule has 1 aliphatic rings. The molecule has 1 aliphatic heterocycles. The average molecular weight is 471 g/mol.